The number of sulfonamides is 1. The van der Waals surface area contributed by atoms with Gasteiger partial charge in [0, 0.05) is 24.9 Å². The van der Waals surface area contributed by atoms with Crippen LogP contribution in [0, 0.1) is 0 Å². The molecule has 0 spiro atoms. The van der Waals surface area contributed by atoms with Crippen molar-refractivity contribution in [3.63, 3.8) is 0 Å². The van der Waals surface area contributed by atoms with E-state index in [1.54, 1.807) is 18.2 Å². The Morgan fingerprint density at radius 2 is 1.81 bits per heavy atom. The van der Waals surface area contributed by atoms with Gasteiger partial charge < -0.3 is 4.74 Å². The molecule has 27 heavy (non-hydrogen) atoms. The molecular formula is C18H20N2O6S. The molecule has 0 radical (unpaired) electrons. The number of benzene rings is 1. The van der Waals surface area contributed by atoms with Crippen LogP contribution in [0.4, 0.5) is 0 Å². The van der Waals surface area contributed by atoms with E-state index in [0.29, 0.717) is 6.42 Å². The standard InChI is InChI=1S/C18H20N2O6S/c1-2-3-10-19-11-14(13-6-4-5-7-15(13)27(19,24)25)26-18(23)12-20-16(21)8-9-17(20)22/h4-7,11H,2-3,8-10,12H2,1H3. The highest BCUT2D eigenvalue weighted by atomic mass is 32.2. The minimum absolute atomic E-state index is 0.0553. The number of imide groups is 1. The maximum atomic E-state index is 12.7. The third-order valence-corrected chi connectivity index (χ3v) is 6.22. The van der Waals surface area contributed by atoms with Crippen LogP contribution in [-0.4, -0.2) is 48.5 Å². The quantitative estimate of drug-likeness (QED) is 0.537. The molecule has 2 amide bonds. The number of hydrogen-bond donors (Lipinski definition) is 0. The van der Waals surface area contributed by atoms with Crippen LogP contribution in [0.2, 0.25) is 0 Å². The molecule has 0 bridgehead atoms. The Kier molecular flexibility index (Phi) is 5.31. The molecule has 1 saturated heterocycles. The number of carbonyl (C=O) groups excluding carboxylic acids is 3. The van der Waals surface area contributed by atoms with E-state index in [-0.39, 0.29) is 35.6 Å². The molecule has 0 aromatic heterocycles. The van der Waals surface area contributed by atoms with Crippen molar-refractivity contribution in [1.82, 2.24) is 9.21 Å². The molecular weight excluding hydrogens is 372 g/mol. The first kappa shape index (κ1) is 19.1. The summed E-state index contributed by atoms with van der Waals surface area (Å²) in [6.45, 7) is 1.72. The highest BCUT2D eigenvalue weighted by Gasteiger charge is 2.34. The lowest BCUT2D eigenvalue weighted by Gasteiger charge is -2.28. The lowest BCUT2D eigenvalue weighted by Crippen LogP contribution is -2.36. The summed E-state index contributed by atoms with van der Waals surface area (Å²) in [6, 6.07) is 6.25. The van der Waals surface area contributed by atoms with Gasteiger partial charge in [-0.25, -0.2) is 13.2 Å². The van der Waals surface area contributed by atoms with Crippen molar-refractivity contribution in [2.45, 2.75) is 37.5 Å². The van der Waals surface area contributed by atoms with Gasteiger partial charge in [0.1, 0.15) is 6.54 Å². The number of esters is 1. The first-order chi connectivity index (χ1) is 12.8. The number of carbonyl (C=O) groups is 3. The number of hydrogen-bond acceptors (Lipinski definition) is 6. The number of nitrogens with zero attached hydrogens (tertiary/aromatic N) is 2. The summed E-state index contributed by atoms with van der Waals surface area (Å²) in [7, 11) is -3.72. The fourth-order valence-electron chi connectivity index (χ4n) is 2.95. The van der Waals surface area contributed by atoms with E-state index in [4.69, 9.17) is 4.74 Å². The summed E-state index contributed by atoms with van der Waals surface area (Å²) >= 11 is 0. The summed E-state index contributed by atoms with van der Waals surface area (Å²) < 4.78 is 32.0. The van der Waals surface area contributed by atoms with Gasteiger partial charge in [0.05, 0.1) is 11.1 Å². The summed E-state index contributed by atoms with van der Waals surface area (Å²) in [5.74, 6) is -1.54. The molecule has 1 fully saturated rings. The van der Waals surface area contributed by atoms with Crippen LogP contribution in [0.25, 0.3) is 5.76 Å². The maximum Gasteiger partial charge on any atom is 0.331 e. The van der Waals surface area contributed by atoms with E-state index in [1.165, 1.54) is 12.3 Å². The number of fused-ring (bicyclic) bond motifs is 1. The van der Waals surface area contributed by atoms with Gasteiger partial charge in [-0.15, -0.1) is 0 Å². The van der Waals surface area contributed by atoms with Crippen molar-refractivity contribution >= 4 is 33.6 Å². The van der Waals surface area contributed by atoms with E-state index < -0.39 is 34.4 Å². The topological polar surface area (TPSA) is 101 Å². The number of rotatable bonds is 6. The fourth-order valence-corrected chi connectivity index (χ4v) is 4.51. The predicted octanol–water partition coefficient (Wildman–Crippen LogP) is 1.48. The van der Waals surface area contributed by atoms with Crippen LogP contribution in [0.15, 0.2) is 35.4 Å². The summed E-state index contributed by atoms with van der Waals surface area (Å²) in [5.41, 5.74) is 0.276. The molecule has 8 nitrogen and oxygen atoms in total. The van der Waals surface area contributed by atoms with Crippen molar-refractivity contribution < 1.29 is 27.5 Å². The molecule has 2 heterocycles. The number of likely N-dealkylation sites (tertiary alicyclic amines) is 1. The maximum absolute atomic E-state index is 12.7. The molecule has 0 saturated carbocycles. The second-order valence-electron chi connectivity index (χ2n) is 6.31. The molecule has 3 rings (SSSR count). The fraction of sp³-hybridized carbons (Fsp3) is 0.389. The zero-order valence-electron chi connectivity index (χ0n) is 14.9. The lowest BCUT2D eigenvalue weighted by molar-refractivity contribution is -0.148. The Bertz CT molecular complexity index is 906. The van der Waals surface area contributed by atoms with Crippen molar-refractivity contribution in [2.24, 2.45) is 0 Å². The van der Waals surface area contributed by atoms with E-state index >= 15 is 0 Å². The van der Waals surface area contributed by atoms with E-state index in [0.717, 1.165) is 15.6 Å². The Morgan fingerprint density at radius 3 is 2.48 bits per heavy atom. The van der Waals surface area contributed by atoms with Crippen molar-refractivity contribution in [3.8, 4) is 0 Å². The van der Waals surface area contributed by atoms with Crippen LogP contribution in [0.1, 0.15) is 38.2 Å². The Labute approximate surface area is 157 Å². The van der Waals surface area contributed by atoms with Gasteiger partial charge >= 0.3 is 5.97 Å². The highest BCUT2D eigenvalue weighted by molar-refractivity contribution is 7.89. The van der Waals surface area contributed by atoms with Gasteiger partial charge in [-0.1, -0.05) is 25.5 Å². The lowest BCUT2D eigenvalue weighted by atomic mass is 10.2. The van der Waals surface area contributed by atoms with Crippen molar-refractivity contribution in [3.05, 3.63) is 36.0 Å². The third kappa shape index (κ3) is 3.73. The first-order valence-electron chi connectivity index (χ1n) is 8.71. The van der Waals surface area contributed by atoms with E-state index in [2.05, 4.69) is 0 Å². The molecule has 9 heteroatoms. The minimum Gasteiger partial charge on any atom is -0.423 e. The van der Waals surface area contributed by atoms with Crippen LogP contribution in [0.5, 0.6) is 0 Å². The largest absolute Gasteiger partial charge is 0.423 e. The molecule has 0 N–H and O–H groups in total. The molecule has 2 aliphatic heterocycles. The normalized spacial score (nSPS) is 18.3. The zero-order chi connectivity index (χ0) is 19.6. The third-order valence-electron chi connectivity index (χ3n) is 4.40. The van der Waals surface area contributed by atoms with Gasteiger partial charge in [0.25, 0.3) is 10.0 Å². The van der Waals surface area contributed by atoms with Gasteiger partial charge in [-0.2, -0.15) is 0 Å². The molecule has 144 valence electrons. The first-order valence-corrected chi connectivity index (χ1v) is 10.2. The molecule has 2 aliphatic rings. The van der Waals surface area contributed by atoms with Gasteiger partial charge in [-0.3, -0.25) is 18.8 Å². The number of amides is 2. The summed E-state index contributed by atoms with van der Waals surface area (Å²) in [4.78, 5) is 36.5. The average Bonchev–Trinajstić information content (AvgIpc) is 2.95. The Balaban J connectivity index is 1.86. The van der Waals surface area contributed by atoms with Crippen LogP contribution >= 0.6 is 0 Å². The second kappa shape index (κ2) is 7.51. The van der Waals surface area contributed by atoms with Crippen molar-refractivity contribution in [2.75, 3.05) is 13.1 Å². The Morgan fingerprint density at radius 1 is 1.15 bits per heavy atom. The van der Waals surface area contributed by atoms with E-state index in [1.807, 2.05) is 6.92 Å². The molecule has 1 aromatic rings. The highest BCUT2D eigenvalue weighted by Crippen LogP contribution is 2.33. The summed E-state index contributed by atoms with van der Waals surface area (Å²) in [5, 5.41) is 0. The number of unbranched alkanes of at least 4 members (excludes halogenated alkanes) is 1. The SMILES string of the molecule is CCCCN1C=C(OC(=O)CN2C(=O)CCC2=O)c2ccccc2S1(=O)=O. The average molecular weight is 392 g/mol. The molecule has 1 aromatic carbocycles. The minimum atomic E-state index is -3.72. The van der Waals surface area contributed by atoms with Crippen LogP contribution in [-0.2, 0) is 29.1 Å². The van der Waals surface area contributed by atoms with Crippen LogP contribution < -0.4 is 0 Å². The zero-order valence-corrected chi connectivity index (χ0v) is 15.7. The molecule has 0 atom stereocenters. The predicted molar refractivity (Wildman–Crippen MR) is 95.3 cm³/mol. The number of ether oxygens (including phenoxy) is 1. The molecule has 0 unspecified atom stereocenters. The van der Waals surface area contributed by atoms with Gasteiger partial charge in [0.15, 0.2) is 5.76 Å². The second-order valence-corrected chi connectivity index (χ2v) is 8.17. The van der Waals surface area contributed by atoms with Crippen molar-refractivity contribution in [1.29, 1.82) is 0 Å². The summed E-state index contributed by atoms with van der Waals surface area (Å²) in [6.07, 6.45) is 2.91. The Hall–Kier alpha value is -2.68. The van der Waals surface area contributed by atoms with Gasteiger partial charge in [0.2, 0.25) is 11.8 Å². The monoisotopic (exact) mass is 392 g/mol. The van der Waals surface area contributed by atoms with E-state index in [9.17, 15) is 22.8 Å². The smallest absolute Gasteiger partial charge is 0.331 e. The van der Waals surface area contributed by atoms with Crippen LogP contribution in [0.3, 0.4) is 0 Å². The van der Waals surface area contributed by atoms with Gasteiger partial charge in [-0.05, 0) is 18.6 Å². The molecule has 0 aliphatic carbocycles.